The Morgan fingerprint density at radius 3 is 0.764 bits per heavy atom. The van der Waals surface area contributed by atoms with Crippen molar-refractivity contribution in [1.29, 1.82) is 21.6 Å². The predicted octanol–water partition coefficient (Wildman–Crippen LogP) is 7.26. The number of nitrogens with two attached hydrogens (primary N) is 5. The molecule has 4 fully saturated rings. The first kappa shape index (κ1) is 125. The van der Waals surface area contributed by atoms with Crippen LogP contribution in [0.5, 0.6) is 0 Å². The molecule has 12 atom stereocenters. The Kier molecular flexibility index (Phi) is 61.2. The predicted molar refractivity (Wildman–Crippen MR) is 557 cm³/mol. The summed E-state index contributed by atoms with van der Waals surface area (Å²) < 4.78 is 0. The zero-order chi connectivity index (χ0) is 107. The number of amides is 15. The molecule has 4 aliphatic rings. The van der Waals surface area contributed by atoms with Crippen LogP contribution in [0.15, 0.2) is 121 Å². The van der Waals surface area contributed by atoms with Crippen molar-refractivity contribution in [1.82, 2.24) is 62.1 Å². The Morgan fingerprint density at radius 2 is 0.514 bits per heavy atom. The highest BCUT2D eigenvalue weighted by molar-refractivity contribution is 6.06. The number of amidine groups is 2. The molecule has 0 saturated carbocycles. The molecule has 0 aromatic heterocycles. The molecule has 4 aromatic carbocycles. The Hall–Kier alpha value is -13.2. The number of unbranched alkanes of at least 4 members (excludes halogenated alkanes) is 8. The molecule has 0 aliphatic carbocycles. The van der Waals surface area contributed by atoms with Gasteiger partial charge in [-0.15, -0.1) is 0 Å². The van der Waals surface area contributed by atoms with Gasteiger partial charge >= 0.3 is 0 Å². The summed E-state index contributed by atoms with van der Waals surface area (Å²) in [7, 11) is 1.00. The van der Waals surface area contributed by atoms with E-state index < -0.39 is 119 Å². The van der Waals surface area contributed by atoms with Gasteiger partial charge in [0.25, 0.3) is 0 Å². The molecule has 38 nitrogen and oxygen atoms in total. The van der Waals surface area contributed by atoms with Crippen LogP contribution in [-0.2, 0) is 102 Å². The molecule has 15 amide bonds. The lowest BCUT2D eigenvalue weighted by Gasteiger charge is -2.34. The number of ketones is 1. The van der Waals surface area contributed by atoms with Crippen LogP contribution in [0.2, 0.25) is 0 Å². The smallest absolute Gasteiger partial charge is 0.245 e. The van der Waals surface area contributed by atoms with E-state index in [1.165, 1.54) is 26.5 Å². The molecule has 4 aromatic rings. The number of nitrogens with one attached hydrogen (secondary N) is 12. The van der Waals surface area contributed by atoms with E-state index in [2.05, 4.69) is 42.5 Å². The molecular formula is C106H165N21O17. The van der Waals surface area contributed by atoms with Crippen molar-refractivity contribution in [2.45, 2.75) is 316 Å². The molecule has 38 heteroatoms. The van der Waals surface area contributed by atoms with Crippen molar-refractivity contribution in [3.05, 3.63) is 144 Å². The SMILES string of the molecule is CC.CCCCC1C(=O)NC(CCCCC(=N)N)CN(CC(C)=O)C(=O)C(Cc2ccccc2)NC1=O.CCCCC1C(=O)NC(Cc2ccccc2)CN(CC(N)=O)C(=O)C(CCCCC(=N)N)NC1=O.CCCCC1C(=O)NC(Cc2ccccc2)CN(CC(N)=O)C(=O)C(CCCCC(C)=N)NC1=O.CCCCC1C(=O)NC(Cc2ccccc2)CN(CC(N)=O)C(=O)C(CCCCC(C)=N)NC1=O.CO. The van der Waals surface area contributed by atoms with E-state index in [9.17, 15) is 76.7 Å². The number of benzene rings is 4. The van der Waals surface area contributed by atoms with Gasteiger partial charge in [0, 0.05) is 70.0 Å². The highest BCUT2D eigenvalue weighted by atomic mass is 16.2. The monoisotopic (exact) mass is 2000 g/mol. The van der Waals surface area contributed by atoms with Gasteiger partial charge in [0.1, 0.15) is 53.6 Å². The number of carbonyl (C=O) groups is 16. The minimum atomic E-state index is -0.913. The van der Waals surface area contributed by atoms with Gasteiger partial charge < -0.3 is 107 Å². The van der Waals surface area contributed by atoms with Crippen LogP contribution in [0.4, 0.5) is 0 Å². The Bertz CT molecular complexity index is 4350. The number of primary amides is 3. The number of nitrogens with zero attached hydrogens (tertiary/aromatic N) is 4. The molecule has 4 heterocycles. The van der Waals surface area contributed by atoms with Gasteiger partial charge in [0.15, 0.2) is 0 Å². The van der Waals surface area contributed by atoms with Gasteiger partial charge in [-0.05, 0) is 152 Å². The summed E-state index contributed by atoms with van der Waals surface area (Å²) in [6, 6.07) is 32.6. The second-order valence-corrected chi connectivity index (χ2v) is 37.2. The maximum absolute atomic E-state index is 13.6. The Morgan fingerprint density at radius 1 is 0.292 bits per heavy atom. The van der Waals surface area contributed by atoms with Gasteiger partial charge in [0.2, 0.25) is 88.6 Å². The van der Waals surface area contributed by atoms with Crippen molar-refractivity contribution >= 4 is 117 Å². The maximum Gasteiger partial charge on any atom is 0.245 e. The number of rotatable bonds is 48. The number of carbonyl (C=O) groups excluding carboxylic acids is 16. The summed E-state index contributed by atoms with van der Waals surface area (Å²) in [5.74, 6) is -10.5. The average molecular weight is 2010 g/mol. The normalized spacial score (nSPS) is 20.7. The van der Waals surface area contributed by atoms with Gasteiger partial charge in [-0.1, -0.05) is 240 Å². The fraction of sp³-hybridized carbons (Fsp3) is 0.585. The Labute approximate surface area is 850 Å². The second-order valence-electron chi connectivity index (χ2n) is 37.2. The summed E-state index contributed by atoms with van der Waals surface area (Å²) >= 11 is 0. The highest BCUT2D eigenvalue weighted by Gasteiger charge is 2.42. The quantitative estimate of drug-likeness (QED) is 0.00895. The van der Waals surface area contributed by atoms with Crippen LogP contribution >= 0.6 is 0 Å². The van der Waals surface area contributed by atoms with Gasteiger partial charge in [-0.3, -0.25) is 87.5 Å². The van der Waals surface area contributed by atoms with Gasteiger partial charge in [-0.2, -0.15) is 0 Å². The summed E-state index contributed by atoms with van der Waals surface area (Å²) in [4.78, 5) is 213. The molecular weight excluding hydrogens is 1840 g/mol. The minimum Gasteiger partial charge on any atom is -0.400 e. The standard InChI is InChI=1S/3C26H39N5O4.C25H38N6O4.C2H6.CH4O/c2*1-3-4-13-21-24(33)29-20(15-19-11-6-5-7-12-19)16-31(17-23(28)32)26(35)22(30-25(21)34)14-9-8-10-18(2)27;1-3-4-13-21-24(33)29-20(12-8-9-14-23(27)28)17-31(16-18(2)32)26(35)22(30-25(21)34)15-19-10-6-5-7-11-19;1-2-3-11-19-23(33)29-18(14-17-9-5-4-6-10-17)15-31(16-22(28)32)25(35)20(30-24(19)34)12-7-8-13-21(26)27;2*1-2/h2*5-7,11-12,20-22,27H,3-4,8-10,13-17H2,1-2H3,(H2,28,32)(H,29,33)(H,30,34);5-7,10-11,20-22H,3-4,8-9,12-17H2,1-2H3,(H3,27,28)(H,29,33)(H,30,34);4-6,9-10,18-20H,2-3,7-8,11-16H2,1H3,(H3,26,27)(H2,28,32)(H,29,33)(H,30,34);1-2H3;2H,1H3. The molecule has 8 rings (SSSR count). The number of hydrogen-bond donors (Lipinski definition) is 18. The number of hydrogen-bond acceptors (Lipinski definition) is 21. The second kappa shape index (κ2) is 70.5. The fourth-order valence-corrected chi connectivity index (χ4v) is 17.2. The zero-order valence-electron chi connectivity index (χ0n) is 86.4. The van der Waals surface area contributed by atoms with Crippen molar-refractivity contribution in [2.24, 2.45) is 52.3 Å². The van der Waals surface area contributed by atoms with Crippen LogP contribution in [0.1, 0.15) is 264 Å². The molecule has 12 unspecified atom stereocenters. The Balaban J connectivity index is 0.000000487. The molecule has 4 aliphatic heterocycles. The van der Waals surface area contributed by atoms with Gasteiger partial charge in [-0.25, -0.2) is 0 Å². The van der Waals surface area contributed by atoms with Crippen LogP contribution in [0.3, 0.4) is 0 Å². The minimum absolute atomic E-state index is 0.0572. The summed E-state index contributed by atoms with van der Waals surface area (Å²) in [5.41, 5.74) is 32.1. The topological polar surface area (TPSA) is 628 Å². The van der Waals surface area contributed by atoms with Crippen molar-refractivity contribution in [2.75, 3.05) is 59.5 Å². The van der Waals surface area contributed by atoms with Crippen molar-refractivity contribution in [3.8, 4) is 0 Å². The molecule has 0 spiro atoms. The first-order chi connectivity index (χ1) is 68.8. The van der Waals surface area contributed by atoms with E-state index >= 15 is 0 Å². The van der Waals surface area contributed by atoms with Crippen LogP contribution in [0, 0.1) is 45.3 Å². The third kappa shape index (κ3) is 49.2. The number of Topliss-reactive ketones (excluding diaryl/α,β-unsaturated/α-hetero) is 1. The molecule has 23 N–H and O–H groups in total. The molecule has 0 bridgehead atoms. The fourth-order valence-electron chi connectivity index (χ4n) is 17.2. The first-order valence-corrected chi connectivity index (χ1v) is 51.1. The molecule has 796 valence electrons. The lowest BCUT2D eigenvalue weighted by Crippen LogP contribution is -2.59. The van der Waals surface area contributed by atoms with Gasteiger partial charge in [0.05, 0.1) is 56.0 Å². The van der Waals surface area contributed by atoms with E-state index in [4.69, 9.17) is 55.4 Å². The van der Waals surface area contributed by atoms with E-state index in [0.717, 1.165) is 55.0 Å². The van der Waals surface area contributed by atoms with E-state index in [1.54, 1.807) is 13.8 Å². The number of aliphatic hydroxyl groups is 1. The zero-order valence-corrected chi connectivity index (χ0v) is 86.4. The van der Waals surface area contributed by atoms with E-state index in [1.807, 2.05) is 163 Å². The average Bonchev–Trinajstić information content (AvgIpc) is 0.841. The third-order valence-electron chi connectivity index (χ3n) is 24.5. The van der Waals surface area contributed by atoms with Crippen LogP contribution in [-0.4, -0.2) is 250 Å². The van der Waals surface area contributed by atoms with E-state index in [0.29, 0.717) is 185 Å². The lowest BCUT2D eigenvalue weighted by atomic mass is 9.96. The lowest BCUT2D eigenvalue weighted by molar-refractivity contribution is -0.144. The summed E-state index contributed by atoms with van der Waals surface area (Å²) in [6.45, 7) is 16.3. The maximum atomic E-state index is 13.6. The summed E-state index contributed by atoms with van der Waals surface area (Å²) in [5, 5.41) is 60.0. The first-order valence-electron chi connectivity index (χ1n) is 51.1. The summed E-state index contributed by atoms with van der Waals surface area (Å²) in [6.07, 6.45) is 18.1. The van der Waals surface area contributed by atoms with Crippen LogP contribution < -0.4 is 71.2 Å². The van der Waals surface area contributed by atoms with E-state index in [-0.39, 0.29) is 118 Å². The highest BCUT2D eigenvalue weighted by Crippen LogP contribution is 2.24. The molecule has 144 heavy (non-hydrogen) atoms. The molecule has 0 radical (unpaired) electrons. The van der Waals surface area contributed by atoms with Crippen molar-refractivity contribution in [3.63, 3.8) is 0 Å². The van der Waals surface area contributed by atoms with Crippen LogP contribution in [0.25, 0.3) is 0 Å². The third-order valence-corrected chi connectivity index (χ3v) is 24.5. The number of aliphatic hydroxyl groups excluding tert-OH is 1. The largest absolute Gasteiger partial charge is 0.400 e. The van der Waals surface area contributed by atoms with Crippen molar-refractivity contribution < 1.29 is 81.8 Å². The molecule has 4 saturated heterocycles.